The van der Waals surface area contributed by atoms with Crippen molar-refractivity contribution in [2.75, 3.05) is 6.61 Å². The summed E-state index contributed by atoms with van der Waals surface area (Å²) in [5.41, 5.74) is 2.54. The lowest BCUT2D eigenvalue weighted by Gasteiger charge is -2.13. The summed E-state index contributed by atoms with van der Waals surface area (Å²) in [5, 5.41) is 10.6. The minimum absolute atomic E-state index is 0.171. The second kappa shape index (κ2) is 3.56. The van der Waals surface area contributed by atoms with Crippen LogP contribution in [0.1, 0.15) is 18.4 Å². The van der Waals surface area contributed by atoms with Crippen molar-refractivity contribution in [3.05, 3.63) is 42.1 Å². The van der Waals surface area contributed by atoms with Crippen molar-refractivity contribution in [2.45, 2.75) is 19.3 Å². The fourth-order valence-electron chi connectivity index (χ4n) is 2.28. The van der Waals surface area contributed by atoms with Gasteiger partial charge in [0.25, 0.3) is 0 Å². The molecule has 1 saturated carbocycles. The highest BCUT2D eigenvalue weighted by Crippen LogP contribution is 2.48. The molecule has 0 radical (unpaired) electrons. The van der Waals surface area contributed by atoms with Gasteiger partial charge in [0.05, 0.1) is 5.52 Å². The van der Waals surface area contributed by atoms with E-state index in [1.54, 1.807) is 0 Å². The Bertz CT molecular complexity index is 512. The van der Waals surface area contributed by atoms with Crippen molar-refractivity contribution in [1.29, 1.82) is 0 Å². The van der Waals surface area contributed by atoms with Gasteiger partial charge in [0, 0.05) is 18.2 Å². The van der Waals surface area contributed by atoms with Gasteiger partial charge in [0.2, 0.25) is 0 Å². The predicted molar refractivity (Wildman–Crippen MR) is 64.2 cm³/mol. The van der Waals surface area contributed by atoms with Gasteiger partial charge in [-0.3, -0.25) is 4.98 Å². The van der Waals surface area contributed by atoms with Gasteiger partial charge in [-0.2, -0.15) is 0 Å². The van der Waals surface area contributed by atoms with Crippen molar-refractivity contribution in [3.63, 3.8) is 0 Å². The maximum atomic E-state index is 9.37. The topological polar surface area (TPSA) is 33.1 Å². The number of benzene rings is 1. The van der Waals surface area contributed by atoms with Crippen LogP contribution in [0.5, 0.6) is 0 Å². The van der Waals surface area contributed by atoms with Crippen LogP contribution in [0.15, 0.2) is 36.5 Å². The number of pyridine rings is 1. The summed E-state index contributed by atoms with van der Waals surface area (Å²) in [5.74, 6) is 0. The number of aromatic nitrogens is 1. The number of hydrogen-bond donors (Lipinski definition) is 1. The molecule has 1 aliphatic carbocycles. The number of nitrogens with zero attached hydrogens (tertiary/aromatic N) is 1. The molecule has 1 aromatic heterocycles. The van der Waals surface area contributed by atoms with E-state index in [2.05, 4.69) is 17.1 Å². The average molecular weight is 213 g/mol. The quantitative estimate of drug-likeness (QED) is 0.850. The highest BCUT2D eigenvalue weighted by atomic mass is 16.3. The number of para-hydroxylation sites is 1. The van der Waals surface area contributed by atoms with Gasteiger partial charge in [-0.25, -0.2) is 0 Å². The minimum Gasteiger partial charge on any atom is -0.396 e. The second-order valence-electron chi connectivity index (χ2n) is 4.82. The molecule has 0 saturated heterocycles. The van der Waals surface area contributed by atoms with Crippen molar-refractivity contribution in [3.8, 4) is 0 Å². The standard InChI is InChI=1S/C14H15NO/c16-10-14(6-7-14)9-11-5-8-15-13-4-2-1-3-12(11)13/h1-5,8,16H,6-7,9-10H2. The molecular weight excluding hydrogens is 198 g/mol. The fourth-order valence-corrected chi connectivity index (χ4v) is 2.28. The number of rotatable bonds is 3. The van der Waals surface area contributed by atoms with Gasteiger partial charge in [-0.1, -0.05) is 18.2 Å². The summed E-state index contributed by atoms with van der Waals surface area (Å²) in [7, 11) is 0. The zero-order valence-electron chi connectivity index (χ0n) is 9.19. The largest absolute Gasteiger partial charge is 0.396 e. The Morgan fingerprint density at radius 1 is 1.19 bits per heavy atom. The van der Waals surface area contributed by atoms with E-state index in [9.17, 15) is 5.11 Å². The molecule has 1 heterocycles. The maximum Gasteiger partial charge on any atom is 0.0704 e. The highest BCUT2D eigenvalue weighted by Gasteiger charge is 2.42. The highest BCUT2D eigenvalue weighted by molar-refractivity contribution is 5.81. The third-order valence-electron chi connectivity index (χ3n) is 3.60. The van der Waals surface area contributed by atoms with Gasteiger partial charge >= 0.3 is 0 Å². The molecule has 0 aliphatic heterocycles. The molecule has 82 valence electrons. The predicted octanol–water partition coefficient (Wildman–Crippen LogP) is 2.55. The summed E-state index contributed by atoms with van der Waals surface area (Å²) in [6.45, 7) is 0.309. The lowest BCUT2D eigenvalue weighted by molar-refractivity contribution is 0.211. The van der Waals surface area contributed by atoms with E-state index in [4.69, 9.17) is 0 Å². The Hall–Kier alpha value is -1.41. The van der Waals surface area contributed by atoms with E-state index in [-0.39, 0.29) is 5.41 Å². The molecule has 0 spiro atoms. The molecule has 1 aromatic carbocycles. The molecule has 1 N–H and O–H groups in total. The van der Waals surface area contributed by atoms with Crippen LogP contribution in [0.4, 0.5) is 0 Å². The molecule has 0 bridgehead atoms. The summed E-state index contributed by atoms with van der Waals surface area (Å²) in [4.78, 5) is 4.36. The van der Waals surface area contributed by atoms with E-state index < -0.39 is 0 Å². The van der Waals surface area contributed by atoms with Crippen LogP contribution in [-0.4, -0.2) is 16.7 Å². The van der Waals surface area contributed by atoms with Crippen molar-refractivity contribution in [1.82, 2.24) is 4.98 Å². The molecule has 1 aliphatic rings. The van der Waals surface area contributed by atoms with Gasteiger partial charge in [-0.05, 0) is 42.4 Å². The fraction of sp³-hybridized carbons (Fsp3) is 0.357. The van der Waals surface area contributed by atoms with Gasteiger partial charge in [0.15, 0.2) is 0 Å². The molecule has 2 nitrogen and oxygen atoms in total. The average Bonchev–Trinajstić information content (AvgIpc) is 3.10. The van der Waals surface area contributed by atoms with E-state index in [1.165, 1.54) is 10.9 Å². The van der Waals surface area contributed by atoms with Crippen molar-refractivity contribution in [2.24, 2.45) is 5.41 Å². The first-order valence-electron chi connectivity index (χ1n) is 5.77. The zero-order chi connectivity index (χ0) is 11.0. The molecule has 2 aromatic rings. The first-order chi connectivity index (χ1) is 7.83. The zero-order valence-corrected chi connectivity index (χ0v) is 9.19. The van der Waals surface area contributed by atoms with Gasteiger partial charge in [-0.15, -0.1) is 0 Å². The lowest BCUT2D eigenvalue weighted by atomic mass is 9.95. The summed E-state index contributed by atoms with van der Waals surface area (Å²) in [6.07, 6.45) is 5.15. The van der Waals surface area contributed by atoms with Gasteiger partial charge < -0.3 is 5.11 Å². The Labute approximate surface area is 94.9 Å². The van der Waals surface area contributed by atoms with Crippen LogP contribution in [0.25, 0.3) is 10.9 Å². The van der Waals surface area contributed by atoms with E-state index in [1.807, 2.05) is 24.4 Å². The Morgan fingerprint density at radius 3 is 2.75 bits per heavy atom. The smallest absolute Gasteiger partial charge is 0.0704 e. The van der Waals surface area contributed by atoms with E-state index in [0.29, 0.717) is 6.61 Å². The van der Waals surface area contributed by atoms with Gasteiger partial charge in [0.1, 0.15) is 0 Å². The number of aliphatic hydroxyl groups is 1. The molecule has 0 unspecified atom stereocenters. The molecule has 3 rings (SSSR count). The normalized spacial score (nSPS) is 17.6. The van der Waals surface area contributed by atoms with Crippen LogP contribution >= 0.6 is 0 Å². The van der Waals surface area contributed by atoms with Crippen LogP contribution in [-0.2, 0) is 6.42 Å². The van der Waals surface area contributed by atoms with Crippen LogP contribution in [0.2, 0.25) is 0 Å². The number of fused-ring (bicyclic) bond motifs is 1. The van der Waals surface area contributed by atoms with Crippen molar-refractivity contribution >= 4 is 10.9 Å². The van der Waals surface area contributed by atoms with Crippen LogP contribution < -0.4 is 0 Å². The first-order valence-corrected chi connectivity index (χ1v) is 5.77. The number of aliphatic hydroxyl groups excluding tert-OH is 1. The Kier molecular flexibility index (Phi) is 2.18. The van der Waals surface area contributed by atoms with Crippen molar-refractivity contribution < 1.29 is 5.11 Å². The van der Waals surface area contributed by atoms with E-state index in [0.717, 1.165) is 24.8 Å². The summed E-state index contributed by atoms with van der Waals surface area (Å²) in [6, 6.07) is 10.3. The summed E-state index contributed by atoms with van der Waals surface area (Å²) < 4.78 is 0. The van der Waals surface area contributed by atoms with Crippen LogP contribution in [0, 0.1) is 5.41 Å². The number of hydrogen-bond acceptors (Lipinski definition) is 2. The molecular formula is C14H15NO. The molecule has 1 fully saturated rings. The summed E-state index contributed by atoms with van der Waals surface area (Å²) >= 11 is 0. The second-order valence-corrected chi connectivity index (χ2v) is 4.82. The molecule has 16 heavy (non-hydrogen) atoms. The third-order valence-corrected chi connectivity index (χ3v) is 3.60. The Morgan fingerprint density at radius 2 is 2.00 bits per heavy atom. The maximum absolute atomic E-state index is 9.37. The molecule has 0 amide bonds. The SMILES string of the molecule is OCC1(Cc2ccnc3ccccc23)CC1. The van der Waals surface area contributed by atoms with Crippen LogP contribution in [0.3, 0.4) is 0 Å². The first kappa shape index (κ1) is 9.79. The molecule has 0 atom stereocenters. The molecule has 2 heteroatoms. The minimum atomic E-state index is 0.171. The monoisotopic (exact) mass is 213 g/mol. The lowest BCUT2D eigenvalue weighted by Crippen LogP contribution is -2.10. The third kappa shape index (κ3) is 1.59. The van der Waals surface area contributed by atoms with E-state index >= 15 is 0 Å². The Balaban J connectivity index is 2.03.